The van der Waals surface area contributed by atoms with Gasteiger partial charge >= 0.3 is 0 Å². The van der Waals surface area contributed by atoms with Crippen molar-refractivity contribution in [3.63, 3.8) is 0 Å². The van der Waals surface area contributed by atoms with Crippen molar-refractivity contribution in [2.75, 3.05) is 11.4 Å². The van der Waals surface area contributed by atoms with Crippen LogP contribution in [0.4, 0.5) is 11.4 Å². The van der Waals surface area contributed by atoms with Crippen molar-refractivity contribution in [1.82, 2.24) is 0 Å². The average molecular weight is 274 g/mol. The lowest BCUT2D eigenvalue weighted by atomic mass is 10.1. The Kier molecular flexibility index (Phi) is 3.29. The molecule has 3 heteroatoms. The molecule has 102 valence electrons. The van der Waals surface area contributed by atoms with Crippen molar-refractivity contribution in [2.24, 2.45) is 4.99 Å². The van der Waals surface area contributed by atoms with Gasteiger partial charge in [0.05, 0.1) is 17.9 Å². The zero-order chi connectivity index (χ0) is 14.8. The normalized spacial score (nSPS) is 15.1. The van der Waals surface area contributed by atoms with Crippen LogP contribution in [0.5, 0.6) is 0 Å². The SMILES string of the molecule is C#CCN1C(=O)C(=Nc2cccc(C)c2)c2ccccc21. The highest BCUT2D eigenvalue weighted by atomic mass is 16.2. The van der Waals surface area contributed by atoms with Gasteiger partial charge in [0.2, 0.25) is 0 Å². The molecule has 0 unspecified atom stereocenters. The largest absolute Gasteiger partial charge is 0.295 e. The van der Waals surface area contributed by atoms with E-state index in [4.69, 9.17) is 6.42 Å². The second kappa shape index (κ2) is 5.26. The number of fused-ring (bicyclic) bond motifs is 1. The fourth-order valence-electron chi connectivity index (χ4n) is 2.44. The molecule has 1 aliphatic rings. The van der Waals surface area contributed by atoms with E-state index >= 15 is 0 Å². The molecular formula is C18H14N2O. The van der Waals surface area contributed by atoms with Gasteiger partial charge in [-0.05, 0) is 30.7 Å². The quantitative estimate of drug-likeness (QED) is 0.774. The van der Waals surface area contributed by atoms with E-state index in [2.05, 4.69) is 10.9 Å². The van der Waals surface area contributed by atoms with Crippen LogP contribution in [0.1, 0.15) is 11.1 Å². The van der Waals surface area contributed by atoms with E-state index in [0.717, 1.165) is 22.5 Å². The Balaban J connectivity index is 2.11. The number of amides is 1. The fraction of sp³-hybridized carbons (Fsp3) is 0.111. The second-order valence-electron chi connectivity index (χ2n) is 4.91. The van der Waals surface area contributed by atoms with E-state index in [1.165, 1.54) is 0 Å². The predicted molar refractivity (Wildman–Crippen MR) is 85.0 cm³/mol. The predicted octanol–water partition coefficient (Wildman–Crippen LogP) is 3.10. The maximum atomic E-state index is 12.5. The van der Waals surface area contributed by atoms with Gasteiger partial charge in [-0.1, -0.05) is 36.3 Å². The minimum atomic E-state index is -0.143. The van der Waals surface area contributed by atoms with E-state index < -0.39 is 0 Å². The van der Waals surface area contributed by atoms with Crippen LogP contribution in [-0.4, -0.2) is 18.2 Å². The minimum absolute atomic E-state index is 0.143. The summed E-state index contributed by atoms with van der Waals surface area (Å²) < 4.78 is 0. The first-order valence-corrected chi connectivity index (χ1v) is 6.71. The van der Waals surface area contributed by atoms with Crippen molar-refractivity contribution in [1.29, 1.82) is 0 Å². The van der Waals surface area contributed by atoms with Gasteiger partial charge in [-0.25, -0.2) is 4.99 Å². The molecule has 0 atom stereocenters. The number of benzene rings is 2. The summed E-state index contributed by atoms with van der Waals surface area (Å²) in [6.07, 6.45) is 5.36. The van der Waals surface area contributed by atoms with Crippen molar-refractivity contribution >= 4 is 23.0 Å². The lowest BCUT2D eigenvalue weighted by Gasteiger charge is -2.12. The third-order valence-electron chi connectivity index (χ3n) is 3.39. The van der Waals surface area contributed by atoms with Crippen LogP contribution >= 0.6 is 0 Å². The van der Waals surface area contributed by atoms with Crippen molar-refractivity contribution < 1.29 is 4.79 Å². The van der Waals surface area contributed by atoms with Gasteiger partial charge in [0.25, 0.3) is 5.91 Å². The topological polar surface area (TPSA) is 32.7 Å². The van der Waals surface area contributed by atoms with Crippen LogP contribution in [0.3, 0.4) is 0 Å². The van der Waals surface area contributed by atoms with E-state index in [1.54, 1.807) is 4.90 Å². The Morgan fingerprint density at radius 2 is 2.00 bits per heavy atom. The number of aliphatic imine (C=N–C) groups is 1. The number of hydrogen-bond acceptors (Lipinski definition) is 2. The molecular weight excluding hydrogens is 260 g/mol. The van der Waals surface area contributed by atoms with Crippen LogP contribution in [0.15, 0.2) is 53.5 Å². The molecule has 3 rings (SSSR count). The van der Waals surface area contributed by atoms with Gasteiger partial charge in [-0.3, -0.25) is 9.69 Å². The maximum absolute atomic E-state index is 12.5. The van der Waals surface area contributed by atoms with Gasteiger partial charge < -0.3 is 0 Å². The molecule has 0 radical (unpaired) electrons. The molecule has 3 nitrogen and oxygen atoms in total. The van der Waals surface area contributed by atoms with E-state index in [1.807, 2.05) is 55.5 Å². The second-order valence-corrected chi connectivity index (χ2v) is 4.91. The third kappa shape index (κ3) is 2.32. The number of rotatable bonds is 2. The molecule has 2 aromatic rings. The Morgan fingerprint density at radius 3 is 2.76 bits per heavy atom. The van der Waals surface area contributed by atoms with Crippen LogP contribution in [0.25, 0.3) is 0 Å². The number of terminal acetylenes is 1. The first-order chi connectivity index (χ1) is 10.2. The van der Waals surface area contributed by atoms with E-state index in [-0.39, 0.29) is 12.5 Å². The average Bonchev–Trinajstić information content (AvgIpc) is 2.74. The third-order valence-corrected chi connectivity index (χ3v) is 3.39. The zero-order valence-corrected chi connectivity index (χ0v) is 11.7. The number of para-hydroxylation sites is 1. The summed E-state index contributed by atoms with van der Waals surface area (Å²) in [5, 5.41) is 0. The number of carbonyl (C=O) groups excluding carboxylic acids is 1. The molecule has 0 bridgehead atoms. The van der Waals surface area contributed by atoms with Crippen LogP contribution in [0.2, 0.25) is 0 Å². The van der Waals surface area contributed by atoms with Crippen LogP contribution < -0.4 is 4.90 Å². The molecule has 0 aliphatic carbocycles. The van der Waals surface area contributed by atoms with Crippen LogP contribution in [0, 0.1) is 19.3 Å². The molecule has 0 aromatic heterocycles. The fourth-order valence-corrected chi connectivity index (χ4v) is 2.44. The lowest BCUT2D eigenvalue weighted by molar-refractivity contribution is -0.112. The van der Waals surface area contributed by atoms with Gasteiger partial charge in [0, 0.05) is 5.56 Å². The minimum Gasteiger partial charge on any atom is -0.295 e. The van der Waals surface area contributed by atoms with Crippen molar-refractivity contribution in [2.45, 2.75) is 6.92 Å². The van der Waals surface area contributed by atoms with E-state index in [0.29, 0.717) is 5.71 Å². The molecule has 0 N–H and O–H groups in total. The molecule has 0 spiro atoms. The maximum Gasteiger partial charge on any atom is 0.278 e. The number of hydrogen-bond donors (Lipinski definition) is 0. The van der Waals surface area contributed by atoms with Gasteiger partial charge in [-0.15, -0.1) is 6.42 Å². The molecule has 0 saturated carbocycles. The molecule has 21 heavy (non-hydrogen) atoms. The molecule has 1 aliphatic heterocycles. The van der Waals surface area contributed by atoms with Crippen LogP contribution in [-0.2, 0) is 4.79 Å². The van der Waals surface area contributed by atoms with Crippen molar-refractivity contribution in [3.8, 4) is 12.3 Å². The highest BCUT2D eigenvalue weighted by molar-refractivity contribution is 6.54. The summed E-state index contributed by atoms with van der Waals surface area (Å²) >= 11 is 0. The number of anilines is 1. The molecule has 2 aromatic carbocycles. The van der Waals surface area contributed by atoms with E-state index in [9.17, 15) is 4.79 Å². The standard InChI is InChI=1S/C18H14N2O/c1-3-11-20-16-10-5-4-9-15(16)17(18(20)21)19-14-8-6-7-13(2)12-14/h1,4-10,12H,11H2,2H3. The lowest BCUT2D eigenvalue weighted by Crippen LogP contribution is -2.30. The summed E-state index contributed by atoms with van der Waals surface area (Å²) in [7, 11) is 0. The first kappa shape index (κ1) is 13.1. The summed E-state index contributed by atoms with van der Waals surface area (Å²) in [6.45, 7) is 2.25. The Hall–Kier alpha value is -2.86. The molecule has 1 amide bonds. The molecule has 0 saturated heterocycles. The summed E-state index contributed by atoms with van der Waals surface area (Å²) in [5.74, 6) is 2.38. The number of aryl methyl sites for hydroxylation is 1. The van der Waals surface area contributed by atoms with Gasteiger partial charge in [0.1, 0.15) is 5.71 Å². The molecule has 1 heterocycles. The number of carbonyl (C=O) groups is 1. The summed E-state index contributed by atoms with van der Waals surface area (Å²) in [6, 6.07) is 15.4. The summed E-state index contributed by atoms with van der Waals surface area (Å²) in [4.78, 5) is 18.7. The Morgan fingerprint density at radius 1 is 1.19 bits per heavy atom. The summed E-state index contributed by atoms with van der Waals surface area (Å²) in [5.41, 5.74) is 3.99. The smallest absolute Gasteiger partial charge is 0.278 e. The first-order valence-electron chi connectivity index (χ1n) is 6.71. The van der Waals surface area contributed by atoms with Crippen molar-refractivity contribution in [3.05, 3.63) is 59.7 Å². The van der Waals surface area contributed by atoms with Gasteiger partial charge in [0.15, 0.2) is 0 Å². The Labute approximate surface area is 123 Å². The highest BCUT2D eigenvalue weighted by Gasteiger charge is 2.32. The Bertz CT molecular complexity index is 784. The highest BCUT2D eigenvalue weighted by Crippen LogP contribution is 2.30. The number of nitrogens with zero attached hydrogens (tertiary/aromatic N) is 2. The zero-order valence-electron chi connectivity index (χ0n) is 11.7. The monoisotopic (exact) mass is 274 g/mol. The van der Waals surface area contributed by atoms with Gasteiger partial charge in [-0.2, -0.15) is 0 Å². The molecule has 0 fully saturated rings.